The molecule has 162 valence electrons. The van der Waals surface area contributed by atoms with Crippen molar-refractivity contribution in [1.82, 2.24) is 0 Å². The maximum Gasteiger partial charge on any atom is 0.167 e. The minimum Gasteiger partial charge on any atom is -0.294 e. The predicted molar refractivity (Wildman–Crippen MR) is 128 cm³/mol. The lowest BCUT2D eigenvalue weighted by Crippen LogP contribution is -2.13. The monoisotopic (exact) mass is 404 g/mol. The number of carbonyl (C=O) groups excluding carboxylic acids is 1. The van der Waals surface area contributed by atoms with Gasteiger partial charge in [-0.15, -0.1) is 0 Å². The van der Waals surface area contributed by atoms with Gasteiger partial charge in [-0.3, -0.25) is 4.79 Å². The molecule has 0 saturated heterocycles. The summed E-state index contributed by atoms with van der Waals surface area (Å²) in [6, 6.07) is 17.0. The Balaban J connectivity index is 1.44. The van der Waals surface area contributed by atoms with Gasteiger partial charge in [0.05, 0.1) is 0 Å². The van der Waals surface area contributed by atoms with Crippen molar-refractivity contribution in [3.05, 3.63) is 70.8 Å². The summed E-state index contributed by atoms with van der Waals surface area (Å²) in [6.07, 6.45) is 15.4. The molecular formula is C29H40O. The van der Waals surface area contributed by atoms with Crippen molar-refractivity contribution in [2.24, 2.45) is 5.92 Å². The Kier molecular flexibility index (Phi) is 9.18. The quantitative estimate of drug-likeness (QED) is 0.272. The van der Waals surface area contributed by atoms with E-state index < -0.39 is 0 Å². The highest BCUT2D eigenvalue weighted by Crippen LogP contribution is 2.37. The van der Waals surface area contributed by atoms with Crippen LogP contribution < -0.4 is 0 Å². The fraction of sp³-hybridized carbons (Fsp3) is 0.552. The molecular weight excluding hydrogens is 364 g/mol. The number of rotatable bonds is 11. The number of benzene rings is 2. The SMILES string of the molecule is CCCCCCC[C@H]1CC[C@H](c2ccc(C(=O)Cc3ccc(CC)cc3)cc2)CC1. The van der Waals surface area contributed by atoms with Gasteiger partial charge in [0.2, 0.25) is 0 Å². The average Bonchev–Trinajstić information content (AvgIpc) is 2.80. The molecule has 1 aliphatic rings. The normalized spacial score (nSPS) is 19.0. The lowest BCUT2D eigenvalue weighted by molar-refractivity contribution is 0.0993. The number of hydrogen-bond acceptors (Lipinski definition) is 1. The summed E-state index contributed by atoms with van der Waals surface area (Å²) in [5, 5.41) is 0. The second-order valence-corrected chi connectivity index (χ2v) is 9.31. The molecule has 3 rings (SSSR count). The molecule has 0 heterocycles. The lowest BCUT2D eigenvalue weighted by atomic mass is 9.77. The largest absolute Gasteiger partial charge is 0.294 e. The molecule has 0 N–H and O–H groups in total. The van der Waals surface area contributed by atoms with Crippen LogP contribution in [0.5, 0.6) is 0 Å². The predicted octanol–water partition coefficient (Wildman–Crippen LogP) is 8.31. The van der Waals surface area contributed by atoms with E-state index in [-0.39, 0.29) is 5.78 Å². The van der Waals surface area contributed by atoms with Crippen molar-refractivity contribution < 1.29 is 4.79 Å². The Morgan fingerprint density at radius 1 is 0.767 bits per heavy atom. The van der Waals surface area contributed by atoms with E-state index in [0.29, 0.717) is 12.3 Å². The summed E-state index contributed by atoms with van der Waals surface area (Å²) in [5.74, 6) is 1.85. The zero-order chi connectivity index (χ0) is 21.2. The molecule has 0 radical (unpaired) electrons. The van der Waals surface area contributed by atoms with Crippen LogP contribution in [0.15, 0.2) is 48.5 Å². The van der Waals surface area contributed by atoms with Crippen molar-refractivity contribution >= 4 is 5.78 Å². The van der Waals surface area contributed by atoms with Crippen molar-refractivity contribution in [3.63, 3.8) is 0 Å². The van der Waals surface area contributed by atoms with Crippen LogP contribution in [0.25, 0.3) is 0 Å². The molecule has 0 atom stereocenters. The van der Waals surface area contributed by atoms with Gasteiger partial charge in [-0.1, -0.05) is 101 Å². The maximum absolute atomic E-state index is 12.7. The summed E-state index contributed by atoms with van der Waals surface area (Å²) in [7, 11) is 0. The molecule has 1 fully saturated rings. The summed E-state index contributed by atoms with van der Waals surface area (Å²) >= 11 is 0. The lowest BCUT2D eigenvalue weighted by Gasteiger charge is -2.29. The fourth-order valence-electron chi connectivity index (χ4n) is 4.94. The number of Topliss-reactive ketones (excluding diaryl/α,β-unsaturated/α-hetero) is 1. The van der Waals surface area contributed by atoms with Crippen LogP contribution in [0.4, 0.5) is 0 Å². The van der Waals surface area contributed by atoms with E-state index in [4.69, 9.17) is 0 Å². The third-order valence-corrected chi connectivity index (χ3v) is 7.06. The van der Waals surface area contributed by atoms with Gasteiger partial charge in [0.25, 0.3) is 0 Å². The maximum atomic E-state index is 12.7. The van der Waals surface area contributed by atoms with Crippen molar-refractivity contribution in [1.29, 1.82) is 0 Å². The van der Waals surface area contributed by atoms with Crippen LogP contribution in [0, 0.1) is 5.92 Å². The van der Waals surface area contributed by atoms with Gasteiger partial charge < -0.3 is 0 Å². The fourth-order valence-corrected chi connectivity index (χ4v) is 4.94. The van der Waals surface area contributed by atoms with Crippen LogP contribution >= 0.6 is 0 Å². The van der Waals surface area contributed by atoms with Crippen LogP contribution in [-0.4, -0.2) is 5.78 Å². The topological polar surface area (TPSA) is 17.1 Å². The van der Waals surface area contributed by atoms with Crippen molar-refractivity contribution in [2.45, 2.75) is 96.8 Å². The van der Waals surface area contributed by atoms with E-state index in [1.165, 1.54) is 75.3 Å². The number of hydrogen-bond donors (Lipinski definition) is 0. The third-order valence-electron chi connectivity index (χ3n) is 7.06. The van der Waals surface area contributed by atoms with Crippen molar-refractivity contribution in [3.8, 4) is 0 Å². The summed E-state index contributed by atoms with van der Waals surface area (Å²) < 4.78 is 0. The van der Waals surface area contributed by atoms with Crippen LogP contribution in [0.2, 0.25) is 0 Å². The summed E-state index contributed by atoms with van der Waals surface area (Å²) in [4.78, 5) is 12.7. The van der Waals surface area contributed by atoms with E-state index in [9.17, 15) is 4.79 Å². The molecule has 0 amide bonds. The Bertz CT molecular complexity index is 748. The van der Waals surface area contributed by atoms with Crippen LogP contribution in [-0.2, 0) is 12.8 Å². The van der Waals surface area contributed by atoms with Gasteiger partial charge in [-0.2, -0.15) is 0 Å². The first-order valence-electron chi connectivity index (χ1n) is 12.4. The molecule has 2 aromatic carbocycles. The Morgan fingerprint density at radius 3 is 2.03 bits per heavy atom. The minimum absolute atomic E-state index is 0.220. The van der Waals surface area contributed by atoms with E-state index in [1.54, 1.807) is 0 Å². The highest BCUT2D eigenvalue weighted by Gasteiger charge is 2.22. The second-order valence-electron chi connectivity index (χ2n) is 9.31. The van der Waals surface area contributed by atoms with Gasteiger partial charge in [0.1, 0.15) is 0 Å². The molecule has 30 heavy (non-hydrogen) atoms. The molecule has 1 nitrogen and oxygen atoms in total. The Hall–Kier alpha value is -1.89. The zero-order valence-corrected chi connectivity index (χ0v) is 19.2. The summed E-state index contributed by atoms with van der Waals surface area (Å²) in [6.45, 7) is 4.44. The molecule has 1 saturated carbocycles. The van der Waals surface area contributed by atoms with Crippen molar-refractivity contribution in [2.75, 3.05) is 0 Å². The van der Waals surface area contributed by atoms with E-state index in [1.807, 2.05) is 0 Å². The second kappa shape index (κ2) is 12.1. The van der Waals surface area contributed by atoms with Gasteiger partial charge in [0, 0.05) is 12.0 Å². The molecule has 1 heteroatoms. The standard InChI is InChI=1S/C29H40O/c1-3-5-6-7-8-9-24-14-16-26(17-15-24)27-18-20-28(21-19-27)29(30)22-25-12-10-23(4-2)11-13-25/h10-13,18-21,24,26H,3-9,14-17,22H2,1-2H3/t24-,26-. The van der Waals surface area contributed by atoms with Gasteiger partial charge in [-0.25, -0.2) is 0 Å². The van der Waals surface area contributed by atoms with Gasteiger partial charge in [-0.05, 0) is 60.6 Å². The number of aryl methyl sites for hydroxylation is 1. The average molecular weight is 405 g/mol. The number of unbranched alkanes of at least 4 members (excludes halogenated alkanes) is 4. The van der Waals surface area contributed by atoms with Crippen LogP contribution in [0.1, 0.15) is 111 Å². The minimum atomic E-state index is 0.220. The van der Waals surface area contributed by atoms with E-state index in [0.717, 1.165) is 23.5 Å². The molecule has 0 bridgehead atoms. The third kappa shape index (κ3) is 6.83. The first kappa shape index (κ1) is 22.8. The van der Waals surface area contributed by atoms with Crippen LogP contribution in [0.3, 0.4) is 0 Å². The van der Waals surface area contributed by atoms with E-state index >= 15 is 0 Å². The van der Waals surface area contributed by atoms with Gasteiger partial charge in [0.15, 0.2) is 5.78 Å². The smallest absolute Gasteiger partial charge is 0.167 e. The summed E-state index contributed by atoms with van der Waals surface area (Å²) in [5.41, 5.74) is 4.70. The highest BCUT2D eigenvalue weighted by molar-refractivity contribution is 5.97. The molecule has 0 aromatic heterocycles. The Morgan fingerprint density at radius 2 is 1.40 bits per heavy atom. The number of carbonyl (C=O) groups is 1. The van der Waals surface area contributed by atoms with E-state index in [2.05, 4.69) is 62.4 Å². The molecule has 1 aliphatic carbocycles. The van der Waals surface area contributed by atoms with Gasteiger partial charge >= 0.3 is 0 Å². The zero-order valence-electron chi connectivity index (χ0n) is 19.2. The first-order valence-corrected chi connectivity index (χ1v) is 12.4. The molecule has 2 aromatic rings. The molecule has 0 unspecified atom stereocenters. The Labute approximate surface area is 184 Å². The first-order chi connectivity index (χ1) is 14.7. The molecule has 0 spiro atoms. The highest BCUT2D eigenvalue weighted by atomic mass is 16.1. The number of ketones is 1. The molecule has 0 aliphatic heterocycles.